The Morgan fingerprint density at radius 1 is 1.47 bits per heavy atom. The van der Waals surface area contributed by atoms with Crippen LogP contribution in [-0.4, -0.2) is 34.2 Å². The quantitative estimate of drug-likeness (QED) is 0.846. The van der Waals surface area contributed by atoms with E-state index in [4.69, 9.17) is 4.74 Å². The van der Waals surface area contributed by atoms with Crippen LogP contribution in [0.25, 0.3) is 0 Å². The molecule has 1 heterocycles. The Balaban J connectivity index is 2.08. The molecule has 1 atom stereocenters. The van der Waals surface area contributed by atoms with Crippen LogP contribution in [0.5, 0.6) is 5.88 Å². The number of carboxylic acids is 1. The number of ether oxygens (including phenoxy) is 1. The van der Waals surface area contributed by atoms with Crippen LogP contribution in [0.1, 0.15) is 32.1 Å². The predicted molar refractivity (Wildman–Crippen MR) is 70.2 cm³/mol. The minimum absolute atomic E-state index is 0.140. The molecule has 1 aliphatic rings. The molecular formula is C13H19N3O3. The fraction of sp³-hybridized carbons (Fsp3) is 0.615. The molecule has 104 valence electrons. The lowest BCUT2D eigenvalue weighted by atomic mass is 9.84. The second-order valence-corrected chi connectivity index (χ2v) is 4.78. The van der Waals surface area contributed by atoms with Crippen molar-refractivity contribution in [3.05, 3.63) is 12.3 Å². The highest BCUT2D eigenvalue weighted by atomic mass is 16.5. The van der Waals surface area contributed by atoms with Crippen LogP contribution in [-0.2, 0) is 4.79 Å². The summed E-state index contributed by atoms with van der Waals surface area (Å²) in [6.07, 6.45) is 6.80. The van der Waals surface area contributed by atoms with Gasteiger partial charge in [-0.15, -0.1) is 0 Å². The topological polar surface area (TPSA) is 84.3 Å². The molecule has 0 aromatic carbocycles. The van der Waals surface area contributed by atoms with E-state index in [1.165, 1.54) is 13.5 Å². The highest BCUT2D eigenvalue weighted by Crippen LogP contribution is 2.28. The van der Waals surface area contributed by atoms with Gasteiger partial charge in [-0.1, -0.05) is 19.3 Å². The zero-order valence-electron chi connectivity index (χ0n) is 11.0. The Morgan fingerprint density at radius 2 is 2.21 bits per heavy atom. The maximum Gasteiger partial charge on any atom is 0.326 e. The second kappa shape index (κ2) is 6.36. The third-order valence-corrected chi connectivity index (χ3v) is 3.51. The van der Waals surface area contributed by atoms with E-state index in [2.05, 4.69) is 15.3 Å². The molecule has 1 aromatic heterocycles. The van der Waals surface area contributed by atoms with Gasteiger partial charge in [0.25, 0.3) is 0 Å². The maximum absolute atomic E-state index is 11.4. The molecule has 0 radical (unpaired) electrons. The van der Waals surface area contributed by atoms with E-state index in [-0.39, 0.29) is 5.92 Å². The Labute approximate surface area is 112 Å². The fourth-order valence-electron chi connectivity index (χ4n) is 2.51. The summed E-state index contributed by atoms with van der Waals surface area (Å²) in [6, 6.07) is 0.995. The molecule has 2 rings (SSSR count). The Morgan fingerprint density at radius 3 is 2.84 bits per heavy atom. The smallest absolute Gasteiger partial charge is 0.326 e. The Bertz CT molecular complexity index is 433. The largest absolute Gasteiger partial charge is 0.481 e. The molecule has 0 aliphatic heterocycles. The molecule has 6 nitrogen and oxygen atoms in total. The third kappa shape index (κ3) is 3.56. The van der Waals surface area contributed by atoms with Crippen LogP contribution in [0.3, 0.4) is 0 Å². The van der Waals surface area contributed by atoms with Crippen LogP contribution in [0.15, 0.2) is 12.3 Å². The summed E-state index contributed by atoms with van der Waals surface area (Å²) in [5, 5.41) is 12.3. The zero-order valence-corrected chi connectivity index (χ0v) is 11.0. The first-order chi connectivity index (χ1) is 9.20. The first-order valence-electron chi connectivity index (χ1n) is 6.57. The van der Waals surface area contributed by atoms with E-state index < -0.39 is 12.0 Å². The van der Waals surface area contributed by atoms with Gasteiger partial charge >= 0.3 is 5.97 Å². The van der Waals surface area contributed by atoms with Gasteiger partial charge in [-0.3, -0.25) is 0 Å². The van der Waals surface area contributed by atoms with Gasteiger partial charge in [0.05, 0.1) is 7.11 Å². The fourth-order valence-corrected chi connectivity index (χ4v) is 2.51. The van der Waals surface area contributed by atoms with Gasteiger partial charge in [0, 0.05) is 12.3 Å². The highest BCUT2D eigenvalue weighted by Gasteiger charge is 2.29. The zero-order chi connectivity index (χ0) is 13.7. The van der Waals surface area contributed by atoms with E-state index in [1.54, 1.807) is 12.3 Å². The van der Waals surface area contributed by atoms with Gasteiger partial charge in [0.2, 0.25) is 11.8 Å². The van der Waals surface area contributed by atoms with Crippen molar-refractivity contribution in [2.24, 2.45) is 5.92 Å². The molecule has 1 fully saturated rings. The van der Waals surface area contributed by atoms with Crippen molar-refractivity contribution in [1.82, 2.24) is 9.97 Å². The van der Waals surface area contributed by atoms with Crippen LogP contribution < -0.4 is 10.1 Å². The molecule has 2 N–H and O–H groups in total. The molecule has 1 aromatic rings. The minimum atomic E-state index is -0.849. The number of hydrogen-bond acceptors (Lipinski definition) is 5. The lowest BCUT2D eigenvalue weighted by Crippen LogP contribution is -2.38. The van der Waals surface area contributed by atoms with Crippen LogP contribution in [0.4, 0.5) is 5.95 Å². The molecular weight excluding hydrogens is 246 g/mol. The molecule has 1 unspecified atom stereocenters. The molecule has 0 saturated heterocycles. The van der Waals surface area contributed by atoms with Crippen molar-refractivity contribution in [3.8, 4) is 5.88 Å². The first kappa shape index (κ1) is 13.6. The van der Waals surface area contributed by atoms with Crippen molar-refractivity contribution in [1.29, 1.82) is 0 Å². The number of rotatable bonds is 5. The van der Waals surface area contributed by atoms with E-state index in [9.17, 15) is 9.90 Å². The number of methoxy groups -OCH3 is 1. The molecule has 19 heavy (non-hydrogen) atoms. The number of aliphatic carboxylic acids is 1. The van der Waals surface area contributed by atoms with Gasteiger partial charge in [0.1, 0.15) is 6.04 Å². The Hall–Kier alpha value is -1.85. The number of carbonyl (C=O) groups is 1. The van der Waals surface area contributed by atoms with E-state index in [0.29, 0.717) is 11.8 Å². The van der Waals surface area contributed by atoms with Gasteiger partial charge in [-0.2, -0.15) is 4.98 Å². The number of anilines is 1. The van der Waals surface area contributed by atoms with Gasteiger partial charge in [-0.05, 0) is 18.8 Å². The Kier molecular flexibility index (Phi) is 4.54. The second-order valence-electron chi connectivity index (χ2n) is 4.78. The van der Waals surface area contributed by atoms with Gasteiger partial charge in [0.15, 0.2) is 0 Å². The molecule has 0 amide bonds. The first-order valence-corrected chi connectivity index (χ1v) is 6.57. The highest BCUT2D eigenvalue weighted by molar-refractivity contribution is 5.77. The summed E-state index contributed by atoms with van der Waals surface area (Å²) in [5.41, 5.74) is 0. The lowest BCUT2D eigenvalue weighted by molar-refractivity contribution is -0.139. The van der Waals surface area contributed by atoms with Crippen LogP contribution in [0.2, 0.25) is 0 Å². The van der Waals surface area contributed by atoms with E-state index in [1.807, 2.05) is 0 Å². The normalized spacial score (nSPS) is 17.7. The number of carboxylic acid groups (broad SMARTS) is 1. The van der Waals surface area contributed by atoms with Crippen LogP contribution >= 0.6 is 0 Å². The number of nitrogens with zero attached hydrogens (tertiary/aromatic N) is 2. The summed E-state index contributed by atoms with van der Waals surface area (Å²) < 4.78 is 5.00. The predicted octanol–water partition coefficient (Wildman–Crippen LogP) is 1.93. The van der Waals surface area contributed by atoms with Crippen molar-refractivity contribution >= 4 is 11.9 Å². The maximum atomic E-state index is 11.4. The SMILES string of the molecule is COc1ccnc(NC(C(=O)O)C2CCCCC2)n1. The molecule has 6 heteroatoms. The molecule has 1 saturated carbocycles. The standard InChI is InChI=1S/C13H19N3O3/c1-19-10-7-8-14-13(15-10)16-11(12(17)18)9-5-3-2-4-6-9/h7-9,11H,2-6H2,1H3,(H,17,18)(H,14,15,16). The summed E-state index contributed by atoms with van der Waals surface area (Å²) in [4.78, 5) is 19.5. The molecule has 0 spiro atoms. The van der Waals surface area contributed by atoms with Crippen molar-refractivity contribution in [2.75, 3.05) is 12.4 Å². The van der Waals surface area contributed by atoms with E-state index in [0.717, 1.165) is 25.7 Å². The third-order valence-electron chi connectivity index (χ3n) is 3.51. The summed E-state index contributed by atoms with van der Waals surface area (Å²) >= 11 is 0. The van der Waals surface area contributed by atoms with Crippen molar-refractivity contribution < 1.29 is 14.6 Å². The summed E-state index contributed by atoms with van der Waals surface area (Å²) in [7, 11) is 1.52. The minimum Gasteiger partial charge on any atom is -0.481 e. The molecule has 0 bridgehead atoms. The summed E-state index contributed by atoms with van der Waals surface area (Å²) in [6.45, 7) is 0. The van der Waals surface area contributed by atoms with Crippen LogP contribution in [0, 0.1) is 5.92 Å². The number of nitrogens with one attached hydrogen (secondary N) is 1. The van der Waals surface area contributed by atoms with Crippen molar-refractivity contribution in [3.63, 3.8) is 0 Å². The van der Waals surface area contributed by atoms with E-state index >= 15 is 0 Å². The molecule has 1 aliphatic carbocycles. The summed E-state index contributed by atoms with van der Waals surface area (Å²) in [5.74, 6) is 0.0157. The lowest BCUT2D eigenvalue weighted by Gasteiger charge is -2.27. The van der Waals surface area contributed by atoms with Gasteiger partial charge in [-0.25, -0.2) is 9.78 Å². The average molecular weight is 265 g/mol. The number of aromatic nitrogens is 2. The van der Waals surface area contributed by atoms with Crippen molar-refractivity contribution in [2.45, 2.75) is 38.1 Å². The number of hydrogen-bond donors (Lipinski definition) is 2. The monoisotopic (exact) mass is 265 g/mol. The van der Waals surface area contributed by atoms with Gasteiger partial charge < -0.3 is 15.2 Å². The average Bonchev–Trinajstić information content (AvgIpc) is 2.45.